The molecule has 0 aliphatic heterocycles. The molecule has 0 aliphatic carbocycles. The summed E-state index contributed by atoms with van der Waals surface area (Å²) in [5.41, 5.74) is 5.78. The number of rotatable bonds is 8. The van der Waals surface area contributed by atoms with Gasteiger partial charge < -0.3 is 15.8 Å². The Morgan fingerprint density at radius 3 is 2.74 bits per heavy atom. The molecular weight excluding hydrogens is 373 g/mol. The molecule has 6 heteroatoms. The Morgan fingerprint density at radius 1 is 1.37 bits per heavy atom. The van der Waals surface area contributed by atoms with Crippen LogP contribution in [0.15, 0.2) is 17.1 Å². The van der Waals surface area contributed by atoms with E-state index in [9.17, 15) is 0 Å². The smallest absolute Gasteiger partial charge is 0.188 e. The van der Waals surface area contributed by atoms with Gasteiger partial charge in [-0.05, 0) is 31.9 Å². The van der Waals surface area contributed by atoms with Crippen molar-refractivity contribution >= 4 is 41.3 Å². The Labute approximate surface area is 136 Å². The number of thiophene rings is 1. The van der Waals surface area contributed by atoms with Gasteiger partial charge in [-0.25, -0.2) is 4.99 Å². The minimum absolute atomic E-state index is 0. The molecule has 0 spiro atoms. The largest absolute Gasteiger partial charge is 0.382 e. The number of aliphatic imine (C=N–C) groups is 1. The van der Waals surface area contributed by atoms with E-state index in [0.29, 0.717) is 12.5 Å². The average molecular weight is 397 g/mol. The first kappa shape index (κ1) is 18.7. The van der Waals surface area contributed by atoms with E-state index in [1.165, 1.54) is 9.75 Å². The van der Waals surface area contributed by atoms with Gasteiger partial charge in [-0.2, -0.15) is 0 Å². The van der Waals surface area contributed by atoms with Crippen molar-refractivity contribution in [3.05, 3.63) is 21.9 Å². The fourth-order valence-electron chi connectivity index (χ4n) is 1.45. The standard InChI is InChI=1S/C13H23N3OS.HI/c1-3-11-6-7-12(18-11)10-16-13(14)15-8-5-9-17-4-2;/h6-7H,3-5,8-10H2,1-2H3,(H3,14,15,16);1H. The van der Waals surface area contributed by atoms with Crippen LogP contribution in [-0.4, -0.2) is 25.7 Å². The number of hydrogen-bond donors (Lipinski definition) is 2. The van der Waals surface area contributed by atoms with Crippen LogP contribution in [0.4, 0.5) is 0 Å². The third-order valence-electron chi connectivity index (χ3n) is 2.45. The molecule has 1 aromatic heterocycles. The van der Waals surface area contributed by atoms with Gasteiger partial charge in [-0.15, -0.1) is 35.3 Å². The third kappa shape index (κ3) is 8.43. The molecule has 0 atom stereocenters. The van der Waals surface area contributed by atoms with Gasteiger partial charge in [0.15, 0.2) is 5.96 Å². The molecule has 19 heavy (non-hydrogen) atoms. The minimum atomic E-state index is 0. The summed E-state index contributed by atoms with van der Waals surface area (Å²) >= 11 is 1.80. The summed E-state index contributed by atoms with van der Waals surface area (Å²) in [5, 5.41) is 3.08. The molecule has 1 rings (SSSR count). The lowest BCUT2D eigenvalue weighted by Gasteiger charge is -2.05. The Hall–Kier alpha value is -0.340. The maximum Gasteiger partial charge on any atom is 0.188 e. The predicted molar refractivity (Wildman–Crippen MR) is 93.6 cm³/mol. The lowest BCUT2D eigenvalue weighted by Crippen LogP contribution is -2.32. The zero-order valence-electron chi connectivity index (χ0n) is 11.6. The Bertz CT molecular complexity index is 369. The molecule has 0 aromatic carbocycles. The molecular formula is C13H24IN3OS. The highest BCUT2D eigenvalue weighted by Crippen LogP contribution is 2.17. The topological polar surface area (TPSA) is 59.6 Å². The van der Waals surface area contributed by atoms with Gasteiger partial charge in [0.25, 0.3) is 0 Å². The van der Waals surface area contributed by atoms with Crippen molar-refractivity contribution in [1.29, 1.82) is 0 Å². The molecule has 0 aliphatic rings. The van der Waals surface area contributed by atoms with Crippen LogP contribution >= 0.6 is 35.3 Å². The normalized spacial score (nSPS) is 11.2. The summed E-state index contributed by atoms with van der Waals surface area (Å²) in [6.45, 7) is 7.15. The van der Waals surface area contributed by atoms with E-state index >= 15 is 0 Å². The van der Waals surface area contributed by atoms with Crippen molar-refractivity contribution < 1.29 is 4.74 Å². The second kappa shape index (κ2) is 11.5. The van der Waals surface area contributed by atoms with Gasteiger partial charge in [0.05, 0.1) is 6.54 Å². The number of nitrogens with two attached hydrogens (primary N) is 1. The quantitative estimate of drug-likeness (QED) is 0.307. The molecule has 1 heterocycles. The molecule has 0 saturated carbocycles. The Kier molecular flexibility index (Phi) is 11.3. The van der Waals surface area contributed by atoms with Crippen molar-refractivity contribution in [1.82, 2.24) is 5.32 Å². The van der Waals surface area contributed by atoms with Crippen LogP contribution in [-0.2, 0) is 17.7 Å². The number of ether oxygens (including phenoxy) is 1. The number of halogens is 1. The first-order valence-electron chi connectivity index (χ1n) is 6.45. The minimum Gasteiger partial charge on any atom is -0.382 e. The first-order valence-corrected chi connectivity index (χ1v) is 7.27. The van der Waals surface area contributed by atoms with Crippen LogP contribution in [0.2, 0.25) is 0 Å². The molecule has 0 amide bonds. The first-order chi connectivity index (χ1) is 8.76. The van der Waals surface area contributed by atoms with Crippen molar-refractivity contribution in [3.8, 4) is 0 Å². The van der Waals surface area contributed by atoms with Gasteiger partial charge >= 0.3 is 0 Å². The molecule has 110 valence electrons. The third-order valence-corrected chi connectivity index (χ3v) is 3.66. The highest BCUT2D eigenvalue weighted by atomic mass is 127. The second-order valence-corrected chi connectivity index (χ2v) is 5.15. The monoisotopic (exact) mass is 397 g/mol. The molecule has 0 radical (unpaired) electrons. The molecule has 3 N–H and O–H groups in total. The summed E-state index contributed by atoms with van der Waals surface area (Å²) < 4.78 is 5.24. The summed E-state index contributed by atoms with van der Waals surface area (Å²) in [4.78, 5) is 6.96. The highest BCUT2D eigenvalue weighted by Gasteiger charge is 1.98. The fraction of sp³-hybridized carbons (Fsp3) is 0.615. The predicted octanol–water partition coefficient (Wildman–Crippen LogP) is 2.76. The number of guanidine groups is 1. The average Bonchev–Trinajstić information content (AvgIpc) is 2.84. The van der Waals surface area contributed by atoms with E-state index in [4.69, 9.17) is 10.5 Å². The van der Waals surface area contributed by atoms with Crippen LogP contribution in [0.3, 0.4) is 0 Å². The molecule has 0 unspecified atom stereocenters. The number of nitrogens with one attached hydrogen (secondary N) is 1. The molecule has 1 aromatic rings. The molecule has 0 bridgehead atoms. The van der Waals surface area contributed by atoms with E-state index in [1.54, 1.807) is 11.3 Å². The molecule has 0 fully saturated rings. The maximum absolute atomic E-state index is 5.78. The van der Waals surface area contributed by atoms with Crippen LogP contribution in [0, 0.1) is 0 Å². The number of nitrogens with zero attached hydrogens (tertiary/aromatic N) is 1. The van der Waals surface area contributed by atoms with Crippen molar-refractivity contribution in [3.63, 3.8) is 0 Å². The fourth-order valence-corrected chi connectivity index (χ4v) is 2.33. The van der Waals surface area contributed by atoms with E-state index in [-0.39, 0.29) is 24.0 Å². The van der Waals surface area contributed by atoms with Crippen LogP contribution in [0.25, 0.3) is 0 Å². The number of hydrogen-bond acceptors (Lipinski definition) is 3. The lowest BCUT2D eigenvalue weighted by atomic mass is 10.4. The summed E-state index contributed by atoms with van der Waals surface area (Å²) in [5.74, 6) is 0.512. The van der Waals surface area contributed by atoms with E-state index < -0.39 is 0 Å². The zero-order valence-corrected chi connectivity index (χ0v) is 14.8. The van der Waals surface area contributed by atoms with Gasteiger partial charge in [0, 0.05) is 29.5 Å². The van der Waals surface area contributed by atoms with Crippen LogP contribution in [0.1, 0.15) is 30.0 Å². The highest BCUT2D eigenvalue weighted by molar-refractivity contribution is 14.0. The lowest BCUT2D eigenvalue weighted by molar-refractivity contribution is 0.145. The maximum atomic E-state index is 5.78. The molecule has 0 saturated heterocycles. The Balaban J connectivity index is 0.00000324. The van der Waals surface area contributed by atoms with Gasteiger partial charge in [0.2, 0.25) is 0 Å². The van der Waals surface area contributed by atoms with Crippen LogP contribution in [0.5, 0.6) is 0 Å². The number of aryl methyl sites for hydroxylation is 1. The van der Waals surface area contributed by atoms with Gasteiger partial charge in [-0.3, -0.25) is 0 Å². The molecule has 4 nitrogen and oxygen atoms in total. The summed E-state index contributed by atoms with van der Waals surface area (Å²) in [7, 11) is 0. The van der Waals surface area contributed by atoms with Crippen molar-refractivity contribution in [2.45, 2.75) is 33.2 Å². The second-order valence-electron chi connectivity index (χ2n) is 3.90. The zero-order chi connectivity index (χ0) is 13.2. The van der Waals surface area contributed by atoms with Gasteiger partial charge in [-0.1, -0.05) is 6.92 Å². The van der Waals surface area contributed by atoms with E-state index in [2.05, 4.69) is 29.4 Å². The van der Waals surface area contributed by atoms with E-state index in [0.717, 1.165) is 32.6 Å². The van der Waals surface area contributed by atoms with Crippen molar-refractivity contribution in [2.75, 3.05) is 19.8 Å². The van der Waals surface area contributed by atoms with Crippen LogP contribution < -0.4 is 11.1 Å². The van der Waals surface area contributed by atoms with Gasteiger partial charge in [0.1, 0.15) is 0 Å². The SMILES string of the molecule is CCOCCCNC(N)=NCc1ccc(CC)s1.I. The Morgan fingerprint density at radius 2 is 2.11 bits per heavy atom. The summed E-state index contributed by atoms with van der Waals surface area (Å²) in [6.07, 6.45) is 2.03. The van der Waals surface area contributed by atoms with Crippen molar-refractivity contribution in [2.24, 2.45) is 10.7 Å². The summed E-state index contributed by atoms with van der Waals surface area (Å²) in [6, 6.07) is 4.27. The van der Waals surface area contributed by atoms with E-state index in [1.807, 2.05) is 6.92 Å².